The Labute approximate surface area is 164 Å². The first-order chi connectivity index (χ1) is 13.6. The number of rotatable bonds is 5. The molecule has 146 valence electrons. The number of hydrogen-bond donors (Lipinski definition) is 2. The molecule has 4 heterocycles. The van der Waals surface area contributed by atoms with E-state index in [1.807, 2.05) is 0 Å². The van der Waals surface area contributed by atoms with Gasteiger partial charge in [-0.3, -0.25) is 14.6 Å². The molecule has 3 aliphatic heterocycles. The van der Waals surface area contributed by atoms with Gasteiger partial charge in [0.2, 0.25) is 5.91 Å². The predicted octanol–water partition coefficient (Wildman–Crippen LogP) is 2.66. The number of benzene rings is 1. The van der Waals surface area contributed by atoms with Crippen LogP contribution in [-0.2, 0) is 4.79 Å². The van der Waals surface area contributed by atoms with Crippen molar-refractivity contribution in [2.24, 2.45) is 5.92 Å². The van der Waals surface area contributed by atoms with Crippen molar-refractivity contribution in [3.8, 4) is 11.5 Å². The van der Waals surface area contributed by atoms with E-state index in [0.717, 1.165) is 19.6 Å². The Balaban J connectivity index is 1.40. The van der Waals surface area contributed by atoms with Crippen molar-refractivity contribution in [3.63, 3.8) is 0 Å². The van der Waals surface area contributed by atoms with Gasteiger partial charge in [0.15, 0.2) is 5.75 Å². The number of amides is 2. The second kappa shape index (κ2) is 7.98. The van der Waals surface area contributed by atoms with Gasteiger partial charge in [0, 0.05) is 37.3 Å². The molecule has 5 rings (SSSR count). The van der Waals surface area contributed by atoms with Crippen LogP contribution >= 0.6 is 0 Å². The molecule has 0 aliphatic carbocycles. The van der Waals surface area contributed by atoms with Crippen molar-refractivity contribution in [1.29, 1.82) is 0 Å². The first kappa shape index (κ1) is 18.4. The van der Waals surface area contributed by atoms with Gasteiger partial charge in [0.1, 0.15) is 11.4 Å². The first-order valence-corrected chi connectivity index (χ1v) is 9.61. The highest BCUT2D eigenvalue weighted by molar-refractivity contribution is 5.94. The zero-order valence-corrected chi connectivity index (χ0v) is 15.9. The van der Waals surface area contributed by atoms with Crippen molar-refractivity contribution in [1.82, 2.24) is 15.2 Å². The number of pyridine rings is 1. The standard InChI is InChI=1S/C21H24N4O3/c1-14(26)23-18-12-22-9-6-20(18)28-17-4-2-16(3-5-17)21(27)24-19-13-25-10-7-15(19)8-11-25/h2-6,9,12,15,19H,7-8,10-11,13H2,1H3,(H,23,26)(H,24,27)/t19-/m0/s1. The first-order valence-electron chi connectivity index (χ1n) is 9.61. The van der Waals surface area contributed by atoms with Crippen molar-refractivity contribution in [3.05, 3.63) is 48.3 Å². The average Bonchev–Trinajstić information content (AvgIpc) is 2.70. The number of anilines is 1. The van der Waals surface area contributed by atoms with E-state index in [-0.39, 0.29) is 17.9 Å². The molecule has 0 unspecified atom stereocenters. The third kappa shape index (κ3) is 4.14. The van der Waals surface area contributed by atoms with Crippen LogP contribution in [-0.4, -0.2) is 47.4 Å². The molecular weight excluding hydrogens is 356 g/mol. The lowest BCUT2D eigenvalue weighted by molar-refractivity contribution is -0.114. The van der Waals surface area contributed by atoms with E-state index in [1.54, 1.807) is 36.5 Å². The molecule has 0 radical (unpaired) electrons. The molecule has 2 aromatic rings. The Morgan fingerprint density at radius 1 is 1.14 bits per heavy atom. The summed E-state index contributed by atoms with van der Waals surface area (Å²) in [6.07, 6.45) is 5.46. The minimum absolute atomic E-state index is 0.0480. The fraction of sp³-hybridized carbons (Fsp3) is 0.381. The van der Waals surface area contributed by atoms with E-state index in [9.17, 15) is 9.59 Å². The van der Waals surface area contributed by atoms with Gasteiger partial charge >= 0.3 is 0 Å². The molecule has 7 heteroatoms. The Morgan fingerprint density at radius 3 is 2.54 bits per heavy atom. The Hall–Kier alpha value is -2.93. The largest absolute Gasteiger partial charge is 0.455 e. The van der Waals surface area contributed by atoms with Crippen molar-refractivity contribution in [2.45, 2.75) is 25.8 Å². The van der Waals surface area contributed by atoms with Gasteiger partial charge in [-0.15, -0.1) is 0 Å². The van der Waals surface area contributed by atoms with Crippen LogP contribution in [0.2, 0.25) is 0 Å². The minimum atomic E-state index is -0.197. The fourth-order valence-corrected chi connectivity index (χ4v) is 3.94. The molecule has 2 N–H and O–H groups in total. The second-order valence-electron chi connectivity index (χ2n) is 7.40. The van der Waals surface area contributed by atoms with Gasteiger partial charge in [-0.25, -0.2) is 0 Å². The summed E-state index contributed by atoms with van der Waals surface area (Å²) in [6, 6.07) is 8.94. The van der Waals surface area contributed by atoms with Gasteiger partial charge in [-0.2, -0.15) is 0 Å². The molecule has 1 aromatic carbocycles. The summed E-state index contributed by atoms with van der Waals surface area (Å²) in [5.74, 6) is 1.42. The number of aromatic nitrogens is 1. The third-order valence-corrected chi connectivity index (χ3v) is 5.41. The lowest BCUT2D eigenvalue weighted by Crippen LogP contribution is -2.57. The van der Waals surface area contributed by atoms with Gasteiger partial charge in [0.05, 0.1) is 6.20 Å². The normalized spacial score (nSPS) is 23.1. The number of fused-ring (bicyclic) bond motifs is 3. The van der Waals surface area contributed by atoms with E-state index >= 15 is 0 Å². The Morgan fingerprint density at radius 2 is 1.89 bits per heavy atom. The van der Waals surface area contributed by atoms with Gasteiger partial charge in [-0.05, 0) is 56.1 Å². The highest BCUT2D eigenvalue weighted by Crippen LogP contribution is 2.29. The van der Waals surface area contributed by atoms with Crippen LogP contribution in [0.5, 0.6) is 11.5 Å². The van der Waals surface area contributed by atoms with E-state index in [1.165, 1.54) is 26.0 Å². The number of nitrogens with one attached hydrogen (secondary N) is 2. The molecule has 2 bridgehead atoms. The molecule has 0 spiro atoms. The van der Waals surface area contributed by atoms with Crippen LogP contribution in [0.3, 0.4) is 0 Å². The maximum atomic E-state index is 12.6. The Kier molecular flexibility index (Phi) is 5.25. The van der Waals surface area contributed by atoms with Crippen LogP contribution < -0.4 is 15.4 Å². The lowest BCUT2D eigenvalue weighted by Gasteiger charge is -2.44. The van der Waals surface area contributed by atoms with Crippen molar-refractivity contribution < 1.29 is 14.3 Å². The monoisotopic (exact) mass is 380 g/mol. The highest BCUT2D eigenvalue weighted by atomic mass is 16.5. The van der Waals surface area contributed by atoms with E-state index in [0.29, 0.717) is 28.7 Å². The lowest BCUT2D eigenvalue weighted by atomic mass is 9.84. The van der Waals surface area contributed by atoms with Gasteiger partial charge in [-0.1, -0.05) is 0 Å². The summed E-state index contributed by atoms with van der Waals surface area (Å²) in [4.78, 5) is 30.3. The van der Waals surface area contributed by atoms with Crippen LogP contribution in [0.25, 0.3) is 0 Å². The van der Waals surface area contributed by atoms with Crippen LogP contribution in [0.15, 0.2) is 42.7 Å². The predicted molar refractivity (Wildman–Crippen MR) is 105 cm³/mol. The van der Waals surface area contributed by atoms with Crippen LogP contribution in [0.4, 0.5) is 5.69 Å². The molecule has 7 nitrogen and oxygen atoms in total. The number of ether oxygens (including phenoxy) is 1. The average molecular weight is 380 g/mol. The van der Waals surface area contributed by atoms with Crippen LogP contribution in [0, 0.1) is 5.92 Å². The summed E-state index contributed by atoms with van der Waals surface area (Å²) in [5.41, 5.74) is 1.11. The molecule has 3 fully saturated rings. The third-order valence-electron chi connectivity index (χ3n) is 5.41. The number of carbonyl (C=O) groups excluding carboxylic acids is 2. The van der Waals surface area contributed by atoms with E-state index < -0.39 is 0 Å². The SMILES string of the molecule is CC(=O)Nc1cnccc1Oc1ccc(C(=O)N[C@H]2CN3CCC2CC3)cc1. The van der Waals surface area contributed by atoms with E-state index in [2.05, 4.69) is 20.5 Å². The summed E-state index contributed by atoms with van der Waals surface area (Å²) >= 11 is 0. The molecule has 3 aliphatic rings. The molecule has 28 heavy (non-hydrogen) atoms. The maximum Gasteiger partial charge on any atom is 0.251 e. The zero-order chi connectivity index (χ0) is 19.5. The molecular formula is C21H24N4O3. The zero-order valence-electron chi connectivity index (χ0n) is 15.9. The molecule has 1 aromatic heterocycles. The maximum absolute atomic E-state index is 12.6. The molecule has 0 saturated carbocycles. The number of carbonyl (C=O) groups is 2. The van der Waals surface area contributed by atoms with Crippen molar-refractivity contribution in [2.75, 3.05) is 25.0 Å². The number of nitrogens with zero attached hydrogens (tertiary/aromatic N) is 2. The molecule has 1 atom stereocenters. The van der Waals surface area contributed by atoms with Gasteiger partial charge in [0.25, 0.3) is 5.91 Å². The smallest absolute Gasteiger partial charge is 0.251 e. The summed E-state index contributed by atoms with van der Waals surface area (Å²) in [5, 5.41) is 5.88. The molecule has 2 amide bonds. The Bertz CT molecular complexity index is 860. The van der Waals surface area contributed by atoms with Crippen LogP contribution in [0.1, 0.15) is 30.1 Å². The number of piperidine rings is 3. The van der Waals surface area contributed by atoms with Crippen molar-refractivity contribution >= 4 is 17.5 Å². The summed E-state index contributed by atoms with van der Waals surface area (Å²) in [6.45, 7) is 4.68. The van der Waals surface area contributed by atoms with E-state index in [4.69, 9.17) is 4.74 Å². The minimum Gasteiger partial charge on any atom is -0.455 e. The quantitative estimate of drug-likeness (QED) is 0.833. The number of hydrogen-bond acceptors (Lipinski definition) is 5. The summed E-state index contributed by atoms with van der Waals surface area (Å²) < 4.78 is 5.84. The fourth-order valence-electron chi connectivity index (χ4n) is 3.94. The molecule has 3 saturated heterocycles. The topological polar surface area (TPSA) is 83.6 Å². The second-order valence-corrected chi connectivity index (χ2v) is 7.40. The highest BCUT2D eigenvalue weighted by Gasteiger charge is 2.34. The van der Waals surface area contributed by atoms with Gasteiger partial charge < -0.3 is 20.3 Å². The summed E-state index contributed by atoms with van der Waals surface area (Å²) in [7, 11) is 0.